The van der Waals surface area contributed by atoms with Crippen LogP contribution in [0.3, 0.4) is 0 Å². The van der Waals surface area contributed by atoms with Crippen LogP contribution in [0.4, 0.5) is 0 Å². The summed E-state index contributed by atoms with van der Waals surface area (Å²) < 4.78 is 5.17. The minimum Gasteiger partial charge on any atom is -0.497 e. The number of hydrogen-bond acceptors (Lipinski definition) is 5. The van der Waals surface area contributed by atoms with Crippen LogP contribution >= 0.6 is 11.8 Å². The van der Waals surface area contributed by atoms with E-state index in [-0.39, 0.29) is 0 Å². The lowest BCUT2D eigenvalue weighted by Crippen LogP contribution is -1.94. The fraction of sp³-hybridized carbons (Fsp3) is 0.150. The maximum absolute atomic E-state index is 9.33. The molecular formula is C20H17N3OS. The molecule has 0 fully saturated rings. The molecule has 0 aliphatic heterocycles. The first-order valence-corrected chi connectivity index (χ1v) is 8.86. The number of ether oxygens (including phenoxy) is 1. The molecule has 0 amide bonds. The summed E-state index contributed by atoms with van der Waals surface area (Å²) in [6.07, 6.45) is 4.39. The van der Waals surface area contributed by atoms with Crippen molar-refractivity contribution in [2.24, 2.45) is 0 Å². The molecule has 3 rings (SSSR count). The minimum atomic E-state index is 0.609. The van der Waals surface area contributed by atoms with Crippen molar-refractivity contribution in [3.8, 4) is 23.1 Å². The van der Waals surface area contributed by atoms with Crippen molar-refractivity contribution >= 4 is 11.8 Å². The van der Waals surface area contributed by atoms with E-state index in [0.717, 1.165) is 34.2 Å². The number of benzene rings is 1. The number of nitriles is 1. The Labute approximate surface area is 151 Å². The molecule has 0 aliphatic rings. The van der Waals surface area contributed by atoms with Crippen molar-refractivity contribution in [2.75, 3.05) is 12.9 Å². The second kappa shape index (κ2) is 8.32. The molecular weight excluding hydrogens is 330 g/mol. The van der Waals surface area contributed by atoms with Crippen molar-refractivity contribution in [1.29, 1.82) is 5.26 Å². The van der Waals surface area contributed by atoms with E-state index in [4.69, 9.17) is 4.74 Å². The van der Waals surface area contributed by atoms with Crippen molar-refractivity contribution in [3.05, 3.63) is 72.1 Å². The fourth-order valence-corrected chi connectivity index (χ4v) is 3.34. The van der Waals surface area contributed by atoms with Crippen LogP contribution in [0, 0.1) is 11.3 Å². The lowest BCUT2D eigenvalue weighted by atomic mass is 10.1. The standard InChI is InChI=1S/C20H17N3OS/c1-24-18-5-2-15(3-6-18)10-13-25-20-17(14-21)4-7-19(23-20)16-8-11-22-12-9-16/h2-9,11-12H,10,13H2,1H3. The van der Waals surface area contributed by atoms with Gasteiger partial charge in [-0.2, -0.15) is 5.26 Å². The summed E-state index contributed by atoms with van der Waals surface area (Å²) >= 11 is 1.60. The third-order valence-corrected chi connectivity index (χ3v) is 4.74. The van der Waals surface area contributed by atoms with E-state index < -0.39 is 0 Å². The Morgan fingerprint density at radius 3 is 2.48 bits per heavy atom. The molecule has 2 aromatic heterocycles. The Bertz CT molecular complexity index is 874. The highest BCUT2D eigenvalue weighted by molar-refractivity contribution is 7.99. The van der Waals surface area contributed by atoms with E-state index in [2.05, 4.69) is 28.2 Å². The summed E-state index contributed by atoms with van der Waals surface area (Å²) in [5.41, 5.74) is 3.69. The Morgan fingerprint density at radius 1 is 1.04 bits per heavy atom. The Kier molecular flexibility index (Phi) is 5.65. The zero-order valence-electron chi connectivity index (χ0n) is 13.8. The second-order valence-electron chi connectivity index (χ2n) is 5.34. The molecule has 1 aromatic carbocycles. The molecule has 25 heavy (non-hydrogen) atoms. The quantitative estimate of drug-likeness (QED) is 0.620. The molecule has 5 heteroatoms. The van der Waals surface area contributed by atoms with Crippen LogP contribution in [0.5, 0.6) is 5.75 Å². The highest BCUT2D eigenvalue weighted by Gasteiger charge is 2.08. The maximum atomic E-state index is 9.33. The molecule has 124 valence electrons. The lowest BCUT2D eigenvalue weighted by Gasteiger charge is -2.07. The van der Waals surface area contributed by atoms with Gasteiger partial charge in [-0.1, -0.05) is 12.1 Å². The van der Waals surface area contributed by atoms with Gasteiger partial charge in [-0.05, 0) is 48.4 Å². The predicted octanol–water partition coefficient (Wildman–Crippen LogP) is 4.36. The van der Waals surface area contributed by atoms with Gasteiger partial charge >= 0.3 is 0 Å². The van der Waals surface area contributed by atoms with E-state index in [9.17, 15) is 5.26 Å². The molecule has 0 N–H and O–H groups in total. The van der Waals surface area contributed by atoms with Gasteiger partial charge in [0.15, 0.2) is 0 Å². The van der Waals surface area contributed by atoms with Crippen LogP contribution in [-0.4, -0.2) is 22.8 Å². The van der Waals surface area contributed by atoms with E-state index in [1.54, 1.807) is 31.3 Å². The SMILES string of the molecule is COc1ccc(CCSc2nc(-c3ccncc3)ccc2C#N)cc1. The van der Waals surface area contributed by atoms with Gasteiger partial charge < -0.3 is 4.74 Å². The van der Waals surface area contributed by atoms with Crippen LogP contribution in [0.15, 0.2) is 66.0 Å². The number of aromatic nitrogens is 2. The van der Waals surface area contributed by atoms with Crippen molar-refractivity contribution in [3.63, 3.8) is 0 Å². The molecule has 0 saturated carbocycles. The smallest absolute Gasteiger partial charge is 0.118 e. The first kappa shape index (κ1) is 17.0. The zero-order valence-corrected chi connectivity index (χ0v) is 14.7. The van der Waals surface area contributed by atoms with E-state index in [1.165, 1.54) is 5.56 Å². The summed E-state index contributed by atoms with van der Waals surface area (Å²) in [5, 5.41) is 10.1. The number of rotatable bonds is 6. The first-order valence-electron chi connectivity index (χ1n) is 7.87. The number of nitrogens with zero attached hydrogens (tertiary/aromatic N) is 3. The van der Waals surface area contributed by atoms with Gasteiger partial charge in [0.05, 0.1) is 18.4 Å². The summed E-state index contributed by atoms with van der Waals surface area (Å²) in [6.45, 7) is 0. The molecule has 0 unspecified atom stereocenters. The van der Waals surface area contributed by atoms with Crippen LogP contribution in [-0.2, 0) is 6.42 Å². The number of aryl methyl sites for hydroxylation is 1. The molecule has 4 nitrogen and oxygen atoms in total. The van der Waals surface area contributed by atoms with Gasteiger partial charge in [-0.3, -0.25) is 4.98 Å². The topological polar surface area (TPSA) is 58.8 Å². The molecule has 0 atom stereocenters. The van der Waals surface area contributed by atoms with Crippen LogP contribution < -0.4 is 4.74 Å². The predicted molar refractivity (Wildman–Crippen MR) is 99.6 cm³/mol. The average Bonchev–Trinajstić information content (AvgIpc) is 2.69. The number of hydrogen-bond donors (Lipinski definition) is 0. The summed E-state index contributed by atoms with van der Waals surface area (Å²) in [5.74, 6) is 1.71. The highest BCUT2D eigenvalue weighted by atomic mass is 32.2. The number of methoxy groups -OCH3 is 1. The van der Waals surface area contributed by atoms with Crippen molar-refractivity contribution < 1.29 is 4.74 Å². The van der Waals surface area contributed by atoms with Crippen LogP contribution in [0.1, 0.15) is 11.1 Å². The molecule has 2 heterocycles. The normalized spacial score (nSPS) is 10.2. The maximum Gasteiger partial charge on any atom is 0.118 e. The van der Waals surface area contributed by atoms with Gasteiger partial charge in [-0.25, -0.2) is 4.98 Å². The third-order valence-electron chi connectivity index (χ3n) is 3.75. The summed E-state index contributed by atoms with van der Waals surface area (Å²) in [4.78, 5) is 8.69. The highest BCUT2D eigenvalue weighted by Crippen LogP contribution is 2.25. The Balaban J connectivity index is 1.71. The van der Waals surface area contributed by atoms with Crippen LogP contribution in [0.2, 0.25) is 0 Å². The summed E-state index contributed by atoms with van der Waals surface area (Å²) in [6, 6.07) is 17.8. The van der Waals surface area contributed by atoms with Crippen LogP contribution in [0.25, 0.3) is 11.3 Å². The van der Waals surface area contributed by atoms with Crippen molar-refractivity contribution in [1.82, 2.24) is 9.97 Å². The van der Waals surface area contributed by atoms with Gasteiger partial charge in [0, 0.05) is 23.7 Å². The third kappa shape index (κ3) is 4.37. The molecule has 3 aromatic rings. The summed E-state index contributed by atoms with van der Waals surface area (Å²) in [7, 11) is 1.66. The van der Waals surface area contributed by atoms with Gasteiger partial charge in [0.2, 0.25) is 0 Å². The van der Waals surface area contributed by atoms with E-state index in [1.807, 2.05) is 36.4 Å². The lowest BCUT2D eigenvalue weighted by molar-refractivity contribution is 0.414. The molecule has 0 aliphatic carbocycles. The number of thioether (sulfide) groups is 1. The Hall–Kier alpha value is -2.84. The van der Waals surface area contributed by atoms with E-state index >= 15 is 0 Å². The van der Waals surface area contributed by atoms with Gasteiger partial charge in [-0.15, -0.1) is 11.8 Å². The van der Waals surface area contributed by atoms with Crippen molar-refractivity contribution in [2.45, 2.75) is 11.4 Å². The van der Waals surface area contributed by atoms with Gasteiger partial charge in [0.1, 0.15) is 16.8 Å². The average molecular weight is 347 g/mol. The zero-order chi connectivity index (χ0) is 17.5. The molecule has 0 radical (unpaired) electrons. The monoisotopic (exact) mass is 347 g/mol. The minimum absolute atomic E-state index is 0.609. The number of pyridine rings is 2. The fourth-order valence-electron chi connectivity index (χ4n) is 2.38. The molecule has 0 bridgehead atoms. The van der Waals surface area contributed by atoms with Gasteiger partial charge in [0.25, 0.3) is 0 Å². The second-order valence-corrected chi connectivity index (χ2v) is 6.43. The molecule has 0 spiro atoms. The Morgan fingerprint density at radius 2 is 1.80 bits per heavy atom. The molecule has 0 saturated heterocycles. The largest absolute Gasteiger partial charge is 0.497 e. The van der Waals surface area contributed by atoms with E-state index in [0.29, 0.717) is 5.56 Å². The first-order chi connectivity index (χ1) is 12.3.